The number of benzene rings is 1. The van der Waals surface area contributed by atoms with Crippen molar-refractivity contribution >= 4 is 23.7 Å². The molecule has 1 aromatic rings. The first-order valence-corrected chi connectivity index (χ1v) is 9.43. The van der Waals surface area contributed by atoms with Crippen molar-refractivity contribution < 1.29 is 23.9 Å². The minimum Gasteiger partial charge on any atom is -0.466 e. The lowest BCUT2D eigenvalue weighted by Crippen LogP contribution is -2.47. The van der Waals surface area contributed by atoms with E-state index in [1.165, 1.54) is 0 Å². The van der Waals surface area contributed by atoms with Gasteiger partial charge in [-0.2, -0.15) is 0 Å². The SMILES string of the molecule is CCOC(=O)CCN(C(=O)CN1C(=O)c2ccccc2C1=O)C1CCCC1. The van der Waals surface area contributed by atoms with Gasteiger partial charge in [-0.25, -0.2) is 0 Å². The predicted octanol–water partition coefficient (Wildman–Crippen LogP) is 2.01. The second-order valence-electron chi connectivity index (χ2n) is 6.82. The molecular formula is C20H24N2O5. The summed E-state index contributed by atoms with van der Waals surface area (Å²) in [5.74, 6) is -1.55. The van der Waals surface area contributed by atoms with Crippen LogP contribution >= 0.6 is 0 Å². The molecule has 0 saturated heterocycles. The number of nitrogens with zero attached hydrogens (tertiary/aromatic N) is 2. The van der Waals surface area contributed by atoms with Crippen LogP contribution in [-0.4, -0.2) is 59.2 Å². The number of amides is 3. The highest BCUT2D eigenvalue weighted by atomic mass is 16.5. The van der Waals surface area contributed by atoms with Gasteiger partial charge in [0.25, 0.3) is 11.8 Å². The molecule has 27 heavy (non-hydrogen) atoms. The van der Waals surface area contributed by atoms with Crippen LogP contribution in [0.5, 0.6) is 0 Å². The Morgan fingerprint density at radius 2 is 1.70 bits per heavy atom. The quantitative estimate of drug-likeness (QED) is 0.540. The van der Waals surface area contributed by atoms with Gasteiger partial charge in [0.2, 0.25) is 5.91 Å². The average Bonchev–Trinajstić information content (AvgIpc) is 3.26. The van der Waals surface area contributed by atoms with E-state index in [2.05, 4.69) is 0 Å². The van der Waals surface area contributed by atoms with Crippen LogP contribution in [0.4, 0.5) is 0 Å². The third-order valence-electron chi connectivity index (χ3n) is 5.12. The fourth-order valence-electron chi connectivity index (χ4n) is 3.78. The van der Waals surface area contributed by atoms with Crippen molar-refractivity contribution in [3.63, 3.8) is 0 Å². The van der Waals surface area contributed by atoms with Gasteiger partial charge in [0.05, 0.1) is 24.2 Å². The molecule has 2 aliphatic rings. The number of hydrogen-bond acceptors (Lipinski definition) is 5. The molecule has 1 saturated carbocycles. The Morgan fingerprint density at radius 3 is 2.26 bits per heavy atom. The van der Waals surface area contributed by atoms with E-state index in [0.29, 0.717) is 17.7 Å². The Bertz CT molecular complexity index is 719. The predicted molar refractivity (Wildman–Crippen MR) is 97.0 cm³/mol. The Labute approximate surface area is 158 Å². The summed E-state index contributed by atoms with van der Waals surface area (Å²) >= 11 is 0. The molecule has 7 nitrogen and oxygen atoms in total. The fourth-order valence-corrected chi connectivity index (χ4v) is 3.78. The summed E-state index contributed by atoms with van der Waals surface area (Å²) in [6, 6.07) is 6.62. The van der Waals surface area contributed by atoms with E-state index >= 15 is 0 Å². The number of imide groups is 1. The van der Waals surface area contributed by atoms with Crippen molar-refractivity contribution in [1.29, 1.82) is 0 Å². The number of esters is 1. The van der Waals surface area contributed by atoms with E-state index in [4.69, 9.17) is 4.74 Å². The highest BCUT2D eigenvalue weighted by molar-refractivity contribution is 6.22. The molecule has 0 unspecified atom stereocenters. The number of rotatable bonds is 7. The number of carbonyl (C=O) groups is 4. The second kappa shape index (κ2) is 8.33. The third-order valence-corrected chi connectivity index (χ3v) is 5.12. The Hall–Kier alpha value is -2.70. The van der Waals surface area contributed by atoms with Gasteiger partial charge >= 0.3 is 5.97 Å². The highest BCUT2D eigenvalue weighted by Crippen LogP contribution is 2.26. The fraction of sp³-hybridized carbons (Fsp3) is 0.500. The van der Waals surface area contributed by atoms with Crippen LogP contribution in [0.3, 0.4) is 0 Å². The Kier molecular flexibility index (Phi) is 5.88. The first-order chi connectivity index (χ1) is 13.0. The summed E-state index contributed by atoms with van der Waals surface area (Å²) in [6.07, 6.45) is 3.91. The Morgan fingerprint density at radius 1 is 1.11 bits per heavy atom. The maximum Gasteiger partial charge on any atom is 0.307 e. The van der Waals surface area contributed by atoms with Crippen LogP contribution in [0.2, 0.25) is 0 Å². The zero-order valence-corrected chi connectivity index (χ0v) is 15.5. The maximum atomic E-state index is 12.9. The average molecular weight is 372 g/mol. The van der Waals surface area contributed by atoms with Gasteiger partial charge in [0, 0.05) is 12.6 Å². The van der Waals surface area contributed by atoms with Crippen molar-refractivity contribution in [2.45, 2.75) is 45.1 Å². The van der Waals surface area contributed by atoms with Crippen molar-refractivity contribution in [2.75, 3.05) is 19.7 Å². The number of ether oxygens (including phenoxy) is 1. The van der Waals surface area contributed by atoms with Crippen LogP contribution in [0.15, 0.2) is 24.3 Å². The van der Waals surface area contributed by atoms with Gasteiger partial charge < -0.3 is 9.64 Å². The first-order valence-electron chi connectivity index (χ1n) is 9.43. The van der Waals surface area contributed by atoms with Crippen LogP contribution in [-0.2, 0) is 14.3 Å². The van der Waals surface area contributed by atoms with Crippen molar-refractivity contribution in [1.82, 2.24) is 9.80 Å². The normalized spacial score (nSPS) is 16.6. The molecule has 3 rings (SSSR count). The van der Waals surface area contributed by atoms with E-state index < -0.39 is 11.8 Å². The van der Waals surface area contributed by atoms with Crippen LogP contribution in [0, 0.1) is 0 Å². The number of hydrogen-bond donors (Lipinski definition) is 0. The lowest BCUT2D eigenvalue weighted by Gasteiger charge is -2.30. The van der Waals surface area contributed by atoms with E-state index in [9.17, 15) is 19.2 Å². The van der Waals surface area contributed by atoms with Crippen LogP contribution in [0.1, 0.15) is 59.7 Å². The third kappa shape index (κ3) is 4.02. The molecule has 1 heterocycles. The smallest absolute Gasteiger partial charge is 0.307 e. The molecule has 7 heteroatoms. The molecule has 1 aliphatic heterocycles. The zero-order valence-electron chi connectivity index (χ0n) is 15.5. The molecule has 0 radical (unpaired) electrons. The van der Waals surface area contributed by atoms with Gasteiger partial charge in [-0.3, -0.25) is 24.1 Å². The first kappa shape index (κ1) is 19.1. The number of carbonyl (C=O) groups excluding carboxylic acids is 4. The molecule has 0 spiro atoms. The standard InChI is InChI=1S/C20H24N2O5/c1-2-27-18(24)11-12-21(14-7-3-4-8-14)17(23)13-22-19(25)15-9-5-6-10-16(15)20(22)26/h5-6,9-10,14H,2-4,7-8,11-13H2,1H3. The van der Waals surface area contributed by atoms with Gasteiger partial charge in [-0.05, 0) is 31.9 Å². The van der Waals surface area contributed by atoms with E-state index in [-0.39, 0.29) is 37.4 Å². The largest absolute Gasteiger partial charge is 0.466 e. The lowest BCUT2D eigenvalue weighted by molar-refractivity contribution is -0.144. The summed E-state index contributed by atoms with van der Waals surface area (Å²) in [7, 11) is 0. The molecule has 0 N–H and O–H groups in total. The molecule has 0 aromatic heterocycles. The summed E-state index contributed by atoms with van der Waals surface area (Å²) in [5.41, 5.74) is 0.656. The minimum absolute atomic E-state index is 0.0436. The van der Waals surface area contributed by atoms with E-state index in [1.807, 2.05) is 0 Å². The summed E-state index contributed by atoms with van der Waals surface area (Å²) in [5, 5.41) is 0. The molecular weight excluding hydrogens is 348 g/mol. The van der Waals surface area contributed by atoms with Crippen LogP contribution < -0.4 is 0 Å². The minimum atomic E-state index is -0.444. The summed E-state index contributed by atoms with van der Waals surface area (Å²) in [6.45, 7) is 1.97. The highest BCUT2D eigenvalue weighted by Gasteiger charge is 2.38. The maximum absolute atomic E-state index is 12.9. The van der Waals surface area contributed by atoms with E-state index in [1.54, 1.807) is 36.1 Å². The molecule has 0 atom stereocenters. The van der Waals surface area contributed by atoms with Crippen molar-refractivity contribution in [3.05, 3.63) is 35.4 Å². The van der Waals surface area contributed by atoms with Crippen LogP contribution in [0.25, 0.3) is 0 Å². The zero-order chi connectivity index (χ0) is 19.4. The second-order valence-corrected chi connectivity index (χ2v) is 6.82. The molecule has 0 bridgehead atoms. The van der Waals surface area contributed by atoms with Crippen molar-refractivity contribution in [3.8, 4) is 0 Å². The molecule has 1 fully saturated rings. The van der Waals surface area contributed by atoms with Gasteiger partial charge in [-0.15, -0.1) is 0 Å². The van der Waals surface area contributed by atoms with E-state index in [0.717, 1.165) is 30.6 Å². The topological polar surface area (TPSA) is 84.0 Å². The molecule has 1 aliphatic carbocycles. The number of fused-ring (bicyclic) bond motifs is 1. The lowest BCUT2D eigenvalue weighted by atomic mass is 10.1. The van der Waals surface area contributed by atoms with Crippen molar-refractivity contribution in [2.24, 2.45) is 0 Å². The molecule has 1 aromatic carbocycles. The summed E-state index contributed by atoms with van der Waals surface area (Å²) in [4.78, 5) is 52.3. The summed E-state index contributed by atoms with van der Waals surface area (Å²) < 4.78 is 4.95. The van der Waals surface area contributed by atoms with Gasteiger partial charge in [0.1, 0.15) is 6.54 Å². The molecule has 144 valence electrons. The van der Waals surface area contributed by atoms with Gasteiger partial charge in [0.15, 0.2) is 0 Å². The Balaban J connectivity index is 1.70. The molecule has 3 amide bonds. The van der Waals surface area contributed by atoms with Gasteiger partial charge in [-0.1, -0.05) is 25.0 Å². The monoisotopic (exact) mass is 372 g/mol.